The number of aliphatic carboxylic acids is 1. The van der Waals surface area contributed by atoms with Crippen molar-refractivity contribution < 1.29 is 24.2 Å². The topological polar surface area (TPSA) is 95.9 Å². The molecule has 19 heavy (non-hydrogen) atoms. The first kappa shape index (κ1) is 15.3. The van der Waals surface area contributed by atoms with E-state index in [0.717, 1.165) is 0 Å². The van der Waals surface area contributed by atoms with Crippen LogP contribution in [0.4, 0.5) is 4.79 Å². The van der Waals surface area contributed by atoms with Crippen LogP contribution in [0.15, 0.2) is 0 Å². The average Bonchev–Trinajstić information content (AvgIpc) is 2.82. The molecule has 0 aliphatic carbocycles. The van der Waals surface area contributed by atoms with Crippen molar-refractivity contribution in [3.05, 3.63) is 0 Å². The van der Waals surface area contributed by atoms with Gasteiger partial charge < -0.3 is 20.1 Å². The van der Waals surface area contributed by atoms with Gasteiger partial charge in [-0.3, -0.25) is 0 Å². The molecule has 0 radical (unpaired) electrons. The second-order valence-electron chi connectivity index (χ2n) is 4.64. The summed E-state index contributed by atoms with van der Waals surface area (Å²) in [6, 6.07) is -1.35. The van der Waals surface area contributed by atoms with Gasteiger partial charge in [0.05, 0.1) is 7.11 Å². The Kier molecular flexibility index (Phi) is 4.74. The highest BCUT2D eigenvalue weighted by molar-refractivity contribution is 5.89. The molecule has 0 aromatic heterocycles. The molecule has 1 rings (SSSR count). The molecule has 0 aromatic rings. The summed E-state index contributed by atoms with van der Waals surface area (Å²) in [5.74, 6) is -1.57. The number of rotatable bonds is 4. The van der Waals surface area contributed by atoms with Gasteiger partial charge in [-0.1, -0.05) is 6.92 Å². The summed E-state index contributed by atoms with van der Waals surface area (Å²) in [6.45, 7) is 3.61. The van der Waals surface area contributed by atoms with Crippen LogP contribution in [0.2, 0.25) is 0 Å². The second kappa shape index (κ2) is 5.90. The fraction of sp³-hybridized carbons (Fsp3) is 0.750. The third-order valence-corrected chi connectivity index (χ3v) is 3.61. The molecule has 2 unspecified atom stereocenters. The van der Waals surface area contributed by atoms with Crippen LogP contribution in [0, 0.1) is 0 Å². The maximum Gasteiger partial charge on any atom is 0.329 e. The Morgan fingerprint density at radius 3 is 2.58 bits per heavy atom. The molecule has 0 saturated carbocycles. The first-order valence-electron chi connectivity index (χ1n) is 6.28. The predicted octanol–water partition coefficient (Wildman–Crippen LogP) is 0.587. The number of carbonyl (C=O) groups is 3. The second-order valence-corrected chi connectivity index (χ2v) is 4.64. The van der Waals surface area contributed by atoms with Crippen molar-refractivity contribution in [3.63, 3.8) is 0 Å². The lowest BCUT2D eigenvalue weighted by molar-refractivity contribution is -0.148. The summed E-state index contributed by atoms with van der Waals surface area (Å²) in [7, 11) is 1.23. The third kappa shape index (κ3) is 2.80. The molecule has 0 spiro atoms. The zero-order valence-electron chi connectivity index (χ0n) is 11.4. The highest BCUT2D eigenvalue weighted by Crippen LogP contribution is 2.32. The van der Waals surface area contributed by atoms with E-state index in [-0.39, 0.29) is 0 Å². The normalized spacial score (nSPS) is 23.8. The largest absolute Gasteiger partial charge is 0.479 e. The Hall–Kier alpha value is -1.79. The Bertz CT molecular complexity index is 384. The molecular formula is C12H20N2O5. The quantitative estimate of drug-likeness (QED) is 0.730. The molecule has 7 nitrogen and oxygen atoms in total. The number of amides is 2. The van der Waals surface area contributed by atoms with Crippen molar-refractivity contribution in [2.24, 2.45) is 0 Å². The summed E-state index contributed by atoms with van der Waals surface area (Å²) in [6.07, 6.45) is 1.40. The smallest absolute Gasteiger partial charge is 0.329 e. The van der Waals surface area contributed by atoms with Crippen LogP contribution in [0.3, 0.4) is 0 Å². The molecule has 1 fully saturated rings. The highest BCUT2D eigenvalue weighted by atomic mass is 16.5. The van der Waals surface area contributed by atoms with Gasteiger partial charge in [0.25, 0.3) is 0 Å². The molecule has 0 aromatic carbocycles. The summed E-state index contributed by atoms with van der Waals surface area (Å²) < 4.78 is 4.51. The number of urea groups is 1. The van der Waals surface area contributed by atoms with Crippen LogP contribution in [0.1, 0.15) is 33.1 Å². The number of carboxylic acids is 1. The minimum absolute atomic E-state index is 0.336. The van der Waals surface area contributed by atoms with E-state index in [9.17, 15) is 19.5 Å². The number of methoxy groups -OCH3 is 1. The van der Waals surface area contributed by atoms with Gasteiger partial charge in [0, 0.05) is 6.54 Å². The number of nitrogens with one attached hydrogen (secondary N) is 1. The SMILES string of the molecule is CCC1(C(=O)O)CCCN1C(=O)NC(C)C(=O)OC. The van der Waals surface area contributed by atoms with E-state index in [1.54, 1.807) is 6.92 Å². The van der Waals surface area contributed by atoms with Crippen molar-refractivity contribution in [1.29, 1.82) is 0 Å². The average molecular weight is 272 g/mol. The van der Waals surface area contributed by atoms with Crippen molar-refractivity contribution in [3.8, 4) is 0 Å². The lowest BCUT2D eigenvalue weighted by Crippen LogP contribution is -2.57. The number of carbonyl (C=O) groups excluding carboxylic acids is 2. The Morgan fingerprint density at radius 2 is 2.11 bits per heavy atom. The predicted molar refractivity (Wildman–Crippen MR) is 66.6 cm³/mol. The van der Waals surface area contributed by atoms with Crippen LogP contribution in [-0.2, 0) is 14.3 Å². The summed E-state index contributed by atoms with van der Waals surface area (Å²) >= 11 is 0. The van der Waals surface area contributed by atoms with E-state index < -0.39 is 29.6 Å². The number of nitrogens with zero attached hydrogens (tertiary/aromatic N) is 1. The van der Waals surface area contributed by atoms with Gasteiger partial charge in [-0.15, -0.1) is 0 Å². The summed E-state index contributed by atoms with van der Waals surface area (Å²) in [5, 5.41) is 11.8. The fourth-order valence-corrected chi connectivity index (χ4v) is 2.41. The maximum absolute atomic E-state index is 12.1. The maximum atomic E-state index is 12.1. The Balaban J connectivity index is 2.81. The molecule has 1 aliphatic rings. The number of carboxylic acid groups (broad SMARTS) is 1. The molecule has 1 saturated heterocycles. The van der Waals surface area contributed by atoms with E-state index >= 15 is 0 Å². The van der Waals surface area contributed by atoms with E-state index in [1.165, 1.54) is 18.9 Å². The summed E-state index contributed by atoms with van der Waals surface area (Å²) in [4.78, 5) is 36.1. The van der Waals surface area contributed by atoms with Gasteiger partial charge in [-0.2, -0.15) is 0 Å². The lowest BCUT2D eigenvalue weighted by Gasteiger charge is -2.34. The van der Waals surface area contributed by atoms with E-state index in [2.05, 4.69) is 10.1 Å². The first-order valence-corrected chi connectivity index (χ1v) is 6.28. The minimum atomic E-state index is -1.17. The molecule has 2 N–H and O–H groups in total. The van der Waals surface area contributed by atoms with Crippen LogP contribution < -0.4 is 5.32 Å². The number of ether oxygens (including phenoxy) is 1. The van der Waals surface area contributed by atoms with E-state index in [0.29, 0.717) is 25.8 Å². The first-order chi connectivity index (χ1) is 8.89. The molecule has 108 valence electrons. The third-order valence-electron chi connectivity index (χ3n) is 3.61. The molecular weight excluding hydrogens is 252 g/mol. The van der Waals surface area contributed by atoms with E-state index in [4.69, 9.17) is 0 Å². The van der Waals surface area contributed by atoms with Crippen molar-refractivity contribution in [1.82, 2.24) is 10.2 Å². The van der Waals surface area contributed by atoms with Crippen LogP contribution in [0.25, 0.3) is 0 Å². The molecule has 2 amide bonds. The molecule has 1 aliphatic heterocycles. The van der Waals surface area contributed by atoms with Crippen LogP contribution >= 0.6 is 0 Å². The standard InChI is InChI=1S/C12H20N2O5/c1-4-12(10(16)17)6-5-7-14(12)11(18)13-8(2)9(15)19-3/h8H,4-7H2,1-3H3,(H,13,18)(H,16,17). The molecule has 1 heterocycles. The minimum Gasteiger partial charge on any atom is -0.479 e. The zero-order valence-corrected chi connectivity index (χ0v) is 11.4. The van der Waals surface area contributed by atoms with Gasteiger partial charge in [0.1, 0.15) is 11.6 Å². The number of hydrogen-bond donors (Lipinski definition) is 2. The van der Waals surface area contributed by atoms with Gasteiger partial charge in [-0.25, -0.2) is 14.4 Å². The molecule has 2 atom stereocenters. The van der Waals surface area contributed by atoms with Crippen molar-refractivity contribution >= 4 is 18.0 Å². The van der Waals surface area contributed by atoms with Gasteiger partial charge >= 0.3 is 18.0 Å². The fourth-order valence-electron chi connectivity index (χ4n) is 2.41. The van der Waals surface area contributed by atoms with Crippen molar-refractivity contribution in [2.75, 3.05) is 13.7 Å². The lowest BCUT2D eigenvalue weighted by atomic mass is 9.93. The number of esters is 1. The number of hydrogen-bond acceptors (Lipinski definition) is 4. The molecule has 7 heteroatoms. The summed E-state index contributed by atoms with van der Waals surface area (Å²) in [5.41, 5.74) is -1.17. The van der Waals surface area contributed by atoms with E-state index in [1.807, 2.05) is 0 Å². The van der Waals surface area contributed by atoms with Gasteiger partial charge in [0.2, 0.25) is 0 Å². The highest BCUT2D eigenvalue weighted by Gasteiger charge is 2.48. The Morgan fingerprint density at radius 1 is 1.47 bits per heavy atom. The van der Waals surface area contributed by atoms with Gasteiger partial charge in [0.15, 0.2) is 0 Å². The zero-order chi connectivity index (χ0) is 14.6. The van der Waals surface area contributed by atoms with Crippen molar-refractivity contribution in [2.45, 2.75) is 44.7 Å². The van der Waals surface area contributed by atoms with Crippen LogP contribution in [-0.4, -0.2) is 53.2 Å². The van der Waals surface area contributed by atoms with Crippen LogP contribution in [0.5, 0.6) is 0 Å². The molecule has 0 bridgehead atoms. The van der Waals surface area contributed by atoms with Gasteiger partial charge in [-0.05, 0) is 26.2 Å². The Labute approximate surface area is 111 Å². The monoisotopic (exact) mass is 272 g/mol. The number of likely N-dealkylation sites (tertiary alicyclic amines) is 1.